The summed E-state index contributed by atoms with van der Waals surface area (Å²) in [5.74, 6) is 1.53. The van der Waals surface area contributed by atoms with Gasteiger partial charge in [0.15, 0.2) is 0 Å². The van der Waals surface area contributed by atoms with Crippen LogP contribution in [0.1, 0.15) is 53.9 Å². The molecule has 1 fully saturated rings. The zero-order valence-electron chi connectivity index (χ0n) is 17.2. The average molecular weight is 406 g/mol. The molecule has 2 nitrogen and oxygen atoms in total. The molecule has 0 amide bonds. The van der Waals surface area contributed by atoms with Crippen LogP contribution in [0.15, 0.2) is 46.2 Å². The molecule has 27 heavy (non-hydrogen) atoms. The predicted octanol–water partition coefficient (Wildman–Crippen LogP) is 7.05. The summed E-state index contributed by atoms with van der Waals surface area (Å²) < 4.78 is 5.84. The summed E-state index contributed by atoms with van der Waals surface area (Å²) in [6, 6.07) is 12.6. The molecule has 1 aromatic rings. The first-order chi connectivity index (χ1) is 12.7. The van der Waals surface area contributed by atoms with Gasteiger partial charge in [-0.05, 0) is 57.1 Å². The molecule has 0 spiro atoms. The first-order valence-corrected chi connectivity index (χ1v) is 11.2. The fourth-order valence-electron chi connectivity index (χ4n) is 4.15. The van der Waals surface area contributed by atoms with E-state index in [1.807, 2.05) is 18.2 Å². The second-order valence-corrected chi connectivity index (χ2v) is 10.0. The zero-order chi connectivity index (χ0) is 20.1. The summed E-state index contributed by atoms with van der Waals surface area (Å²) in [5, 5.41) is 9.51. The molecule has 2 rings (SSSR count). The zero-order valence-corrected chi connectivity index (χ0v) is 18.7. The van der Waals surface area contributed by atoms with Crippen molar-refractivity contribution >= 4 is 23.4 Å². The molecule has 1 unspecified atom stereocenters. The number of benzene rings is 1. The van der Waals surface area contributed by atoms with E-state index < -0.39 is 0 Å². The third kappa shape index (κ3) is 5.76. The second kappa shape index (κ2) is 9.50. The summed E-state index contributed by atoms with van der Waals surface area (Å²) >= 11 is 7.91. The molecular weight excluding hydrogens is 374 g/mol. The number of allylic oxidation sites excluding steroid dienone is 2. The van der Waals surface area contributed by atoms with E-state index in [9.17, 15) is 5.26 Å². The van der Waals surface area contributed by atoms with Gasteiger partial charge in [0.1, 0.15) is 0 Å². The molecule has 1 aliphatic heterocycles. The van der Waals surface area contributed by atoms with E-state index in [0.29, 0.717) is 23.8 Å². The van der Waals surface area contributed by atoms with E-state index in [4.69, 9.17) is 16.3 Å². The van der Waals surface area contributed by atoms with Crippen molar-refractivity contribution in [3.63, 3.8) is 0 Å². The number of ether oxygens (including phenoxy) is 1. The van der Waals surface area contributed by atoms with Crippen LogP contribution in [0.2, 0.25) is 0 Å². The molecule has 4 heteroatoms. The van der Waals surface area contributed by atoms with Gasteiger partial charge in [0.05, 0.1) is 17.8 Å². The van der Waals surface area contributed by atoms with Gasteiger partial charge in [-0.25, -0.2) is 0 Å². The van der Waals surface area contributed by atoms with Crippen molar-refractivity contribution in [1.82, 2.24) is 0 Å². The van der Waals surface area contributed by atoms with Crippen molar-refractivity contribution < 1.29 is 4.74 Å². The van der Waals surface area contributed by atoms with E-state index in [1.54, 1.807) is 17.8 Å². The molecule has 0 aliphatic carbocycles. The third-order valence-corrected chi connectivity index (χ3v) is 7.39. The molecule has 0 saturated carbocycles. The Balaban J connectivity index is 2.34. The standard InChI is InChI=1S/C23H32ClNOS/c1-17(2)19(12-15-24)23(5,14-11-20-22(3,4)26-20)21(13-16-25)27-18-9-7-6-8-10-18/h6-10,13,17,19-20H,11-12,14-15H2,1-5H3/b21-13-/t19-,20?,23-/m1/s1. The maximum atomic E-state index is 9.51. The number of hydrogen-bond acceptors (Lipinski definition) is 3. The summed E-state index contributed by atoms with van der Waals surface area (Å²) in [5.41, 5.74) is -0.117. The summed E-state index contributed by atoms with van der Waals surface area (Å²) in [6.07, 6.45) is 5.01. The quantitative estimate of drug-likeness (QED) is 0.181. The van der Waals surface area contributed by atoms with Gasteiger partial charge >= 0.3 is 0 Å². The van der Waals surface area contributed by atoms with Crippen molar-refractivity contribution in [2.75, 3.05) is 5.88 Å². The van der Waals surface area contributed by atoms with Gasteiger partial charge in [0.25, 0.3) is 0 Å². The lowest BCUT2D eigenvalue weighted by Gasteiger charge is -2.42. The lowest BCUT2D eigenvalue weighted by molar-refractivity contribution is 0.159. The molecule has 0 aromatic heterocycles. The highest BCUT2D eigenvalue weighted by atomic mass is 35.5. The number of nitriles is 1. The van der Waals surface area contributed by atoms with Crippen molar-refractivity contribution in [3.05, 3.63) is 41.3 Å². The fraction of sp³-hybridized carbons (Fsp3) is 0.609. The van der Waals surface area contributed by atoms with Gasteiger partial charge in [-0.15, -0.1) is 11.6 Å². The Morgan fingerprint density at radius 3 is 2.48 bits per heavy atom. The predicted molar refractivity (Wildman–Crippen MR) is 116 cm³/mol. The van der Waals surface area contributed by atoms with Crippen LogP contribution in [0, 0.1) is 28.6 Å². The molecule has 0 bridgehead atoms. The number of rotatable bonds is 10. The van der Waals surface area contributed by atoms with Crippen molar-refractivity contribution in [3.8, 4) is 6.07 Å². The number of hydrogen-bond donors (Lipinski definition) is 0. The molecule has 3 atom stereocenters. The molecular formula is C23H32ClNOS. The number of halogens is 1. The van der Waals surface area contributed by atoms with Gasteiger partial charge in [-0.2, -0.15) is 5.26 Å². The van der Waals surface area contributed by atoms with Crippen LogP contribution in [0.5, 0.6) is 0 Å². The maximum absolute atomic E-state index is 9.51. The number of alkyl halides is 1. The summed E-state index contributed by atoms with van der Waals surface area (Å²) in [6.45, 7) is 11.2. The number of nitrogens with zero attached hydrogens (tertiary/aromatic N) is 1. The largest absolute Gasteiger partial charge is 0.367 e. The Hall–Kier alpha value is -0.950. The molecule has 1 aromatic carbocycles. The second-order valence-electron chi connectivity index (χ2n) is 8.55. The molecule has 0 N–H and O–H groups in total. The monoisotopic (exact) mass is 405 g/mol. The third-order valence-electron chi connectivity index (χ3n) is 5.86. The van der Waals surface area contributed by atoms with E-state index in [0.717, 1.165) is 24.2 Å². The summed E-state index contributed by atoms with van der Waals surface area (Å²) in [4.78, 5) is 2.31. The van der Waals surface area contributed by atoms with E-state index in [2.05, 4.69) is 52.8 Å². The van der Waals surface area contributed by atoms with Crippen molar-refractivity contribution in [1.29, 1.82) is 5.26 Å². The minimum Gasteiger partial charge on any atom is -0.367 e. The van der Waals surface area contributed by atoms with Crippen LogP contribution in [-0.2, 0) is 4.74 Å². The summed E-state index contributed by atoms with van der Waals surface area (Å²) in [7, 11) is 0. The molecule has 148 valence electrons. The van der Waals surface area contributed by atoms with Crippen LogP contribution in [0.3, 0.4) is 0 Å². The van der Waals surface area contributed by atoms with Gasteiger partial charge in [-0.3, -0.25) is 0 Å². The van der Waals surface area contributed by atoms with Crippen LogP contribution < -0.4 is 0 Å². The van der Waals surface area contributed by atoms with Gasteiger partial charge in [-0.1, -0.05) is 50.7 Å². The Bertz CT molecular complexity index is 679. The first-order valence-electron chi connectivity index (χ1n) is 9.81. The van der Waals surface area contributed by atoms with E-state index in [1.165, 1.54) is 4.90 Å². The van der Waals surface area contributed by atoms with Crippen LogP contribution in [0.25, 0.3) is 0 Å². The van der Waals surface area contributed by atoms with Crippen molar-refractivity contribution in [2.24, 2.45) is 17.3 Å². The Morgan fingerprint density at radius 1 is 1.37 bits per heavy atom. The molecule has 0 radical (unpaired) electrons. The van der Waals surface area contributed by atoms with Crippen LogP contribution in [-0.4, -0.2) is 17.6 Å². The number of thioether (sulfide) groups is 1. The lowest BCUT2D eigenvalue weighted by atomic mass is 9.67. The topological polar surface area (TPSA) is 36.3 Å². The maximum Gasteiger partial charge on any atom is 0.0920 e. The molecule has 1 aliphatic rings. The van der Waals surface area contributed by atoms with E-state index in [-0.39, 0.29) is 11.0 Å². The van der Waals surface area contributed by atoms with E-state index >= 15 is 0 Å². The highest BCUT2D eigenvalue weighted by molar-refractivity contribution is 8.03. The lowest BCUT2D eigenvalue weighted by Crippen LogP contribution is -2.33. The fourth-order valence-corrected chi connectivity index (χ4v) is 5.53. The SMILES string of the molecule is CC(C)[C@@H](CCCl)[C@@](C)(CCC1OC1(C)C)/C(=C/C#N)Sc1ccccc1. The van der Waals surface area contributed by atoms with Crippen LogP contribution >= 0.6 is 23.4 Å². The molecule has 1 saturated heterocycles. The highest BCUT2D eigenvalue weighted by Crippen LogP contribution is 2.53. The van der Waals surface area contributed by atoms with Crippen LogP contribution in [0.4, 0.5) is 0 Å². The number of epoxide rings is 1. The minimum atomic E-state index is -0.110. The first kappa shape index (κ1) is 22.3. The Morgan fingerprint density at radius 2 is 2.00 bits per heavy atom. The van der Waals surface area contributed by atoms with Gasteiger partial charge in [0.2, 0.25) is 0 Å². The van der Waals surface area contributed by atoms with Gasteiger partial charge < -0.3 is 4.74 Å². The average Bonchev–Trinajstić information content (AvgIpc) is 3.24. The Labute approximate surface area is 174 Å². The molecule has 1 heterocycles. The highest BCUT2D eigenvalue weighted by Gasteiger charge is 2.49. The Kier molecular flexibility index (Phi) is 7.86. The minimum absolute atomic E-state index is 0.00754. The van der Waals surface area contributed by atoms with Gasteiger partial charge in [0, 0.05) is 27.2 Å². The smallest absolute Gasteiger partial charge is 0.0920 e. The normalized spacial score (nSPS) is 22.1. The van der Waals surface area contributed by atoms with Crippen molar-refractivity contribution in [2.45, 2.75) is 70.5 Å².